The third-order valence-electron chi connectivity index (χ3n) is 2.83. The second-order valence-corrected chi connectivity index (χ2v) is 6.66. The first-order chi connectivity index (χ1) is 8.15. The summed E-state index contributed by atoms with van der Waals surface area (Å²) in [5, 5.41) is 10.0. The van der Waals surface area contributed by atoms with E-state index in [1.54, 1.807) is 0 Å². The van der Waals surface area contributed by atoms with Crippen molar-refractivity contribution in [3.63, 3.8) is 0 Å². The summed E-state index contributed by atoms with van der Waals surface area (Å²) in [7, 11) is 0. The Hall–Kier alpha value is 0.260. The van der Waals surface area contributed by atoms with Crippen LogP contribution >= 0.6 is 39.3 Å². The van der Waals surface area contributed by atoms with Gasteiger partial charge in [-0.1, -0.05) is 33.6 Å². The van der Waals surface area contributed by atoms with Crippen LogP contribution in [0.3, 0.4) is 0 Å². The summed E-state index contributed by atoms with van der Waals surface area (Å²) >= 11 is 11.2. The highest BCUT2D eigenvalue weighted by Crippen LogP contribution is 2.33. The van der Waals surface area contributed by atoms with Crippen LogP contribution in [0.25, 0.3) is 0 Å². The van der Waals surface area contributed by atoms with Crippen LogP contribution in [-0.2, 0) is 10.5 Å². The Morgan fingerprint density at radius 2 is 2.24 bits per heavy atom. The summed E-state index contributed by atoms with van der Waals surface area (Å²) in [5.74, 6) is 1.85. The fourth-order valence-electron chi connectivity index (χ4n) is 1.63. The van der Waals surface area contributed by atoms with Gasteiger partial charge >= 0.3 is 0 Å². The first-order valence-electron chi connectivity index (χ1n) is 5.35. The minimum Gasteiger partial charge on any atom is -0.396 e. The minimum atomic E-state index is -0.0103. The summed E-state index contributed by atoms with van der Waals surface area (Å²) in [6, 6.07) is 5.84. The molecular formula is C12H14BrClO2S. The van der Waals surface area contributed by atoms with Crippen molar-refractivity contribution in [3.05, 3.63) is 33.3 Å². The molecule has 0 bridgehead atoms. The van der Waals surface area contributed by atoms with E-state index in [9.17, 15) is 5.11 Å². The van der Waals surface area contributed by atoms with Gasteiger partial charge < -0.3 is 9.84 Å². The van der Waals surface area contributed by atoms with Crippen molar-refractivity contribution < 1.29 is 9.84 Å². The molecule has 5 heteroatoms. The SMILES string of the molecule is OCC1(CSCc2ccc(Cl)cc2Br)COC1. The number of halogens is 2. The van der Waals surface area contributed by atoms with Crippen molar-refractivity contribution in [1.82, 2.24) is 0 Å². The zero-order chi connectivity index (χ0) is 12.3. The lowest BCUT2D eigenvalue weighted by Crippen LogP contribution is -2.47. The number of benzene rings is 1. The summed E-state index contributed by atoms with van der Waals surface area (Å²) in [5.41, 5.74) is 1.22. The molecule has 17 heavy (non-hydrogen) atoms. The number of ether oxygens (including phenoxy) is 1. The summed E-state index contributed by atoms with van der Waals surface area (Å²) in [4.78, 5) is 0. The predicted octanol–water partition coefficient (Wildman–Crippen LogP) is 3.34. The maximum atomic E-state index is 9.30. The molecule has 94 valence electrons. The van der Waals surface area contributed by atoms with Crippen molar-refractivity contribution in [3.8, 4) is 0 Å². The molecular weight excluding hydrogens is 324 g/mol. The lowest BCUT2D eigenvalue weighted by molar-refractivity contribution is -0.121. The van der Waals surface area contributed by atoms with Crippen LogP contribution in [0.4, 0.5) is 0 Å². The van der Waals surface area contributed by atoms with E-state index in [1.807, 2.05) is 30.0 Å². The molecule has 1 aromatic carbocycles. The van der Waals surface area contributed by atoms with E-state index in [0.717, 1.165) is 21.0 Å². The van der Waals surface area contributed by atoms with Crippen molar-refractivity contribution in [2.24, 2.45) is 5.41 Å². The second kappa shape index (κ2) is 5.93. The van der Waals surface area contributed by atoms with Crippen LogP contribution < -0.4 is 0 Å². The Labute approximate surface area is 119 Å². The Balaban J connectivity index is 1.85. The van der Waals surface area contributed by atoms with E-state index >= 15 is 0 Å². The van der Waals surface area contributed by atoms with Crippen LogP contribution in [-0.4, -0.2) is 30.7 Å². The zero-order valence-electron chi connectivity index (χ0n) is 9.29. The molecule has 2 nitrogen and oxygen atoms in total. The number of hydrogen-bond acceptors (Lipinski definition) is 3. The highest BCUT2D eigenvalue weighted by molar-refractivity contribution is 9.10. The Kier molecular flexibility index (Phi) is 4.78. The standard InChI is InChI=1S/C12H14BrClO2S/c13-11-3-10(14)2-1-9(11)4-17-8-12(5-15)6-16-7-12/h1-3,15H,4-8H2. The van der Waals surface area contributed by atoms with Gasteiger partial charge in [-0.15, -0.1) is 0 Å². The lowest BCUT2D eigenvalue weighted by Gasteiger charge is -2.39. The maximum Gasteiger partial charge on any atom is 0.0575 e. The number of aliphatic hydroxyl groups is 1. The van der Waals surface area contributed by atoms with Gasteiger partial charge in [0.15, 0.2) is 0 Å². The van der Waals surface area contributed by atoms with Crippen molar-refractivity contribution in [1.29, 1.82) is 0 Å². The van der Waals surface area contributed by atoms with Crippen LogP contribution in [0.15, 0.2) is 22.7 Å². The van der Waals surface area contributed by atoms with E-state index in [-0.39, 0.29) is 12.0 Å². The quantitative estimate of drug-likeness (QED) is 0.893. The average molecular weight is 338 g/mol. The predicted molar refractivity (Wildman–Crippen MR) is 75.7 cm³/mol. The normalized spacial score (nSPS) is 17.8. The molecule has 1 aliphatic rings. The molecule has 0 atom stereocenters. The summed E-state index contributed by atoms with van der Waals surface area (Å²) < 4.78 is 6.21. The molecule has 0 aliphatic carbocycles. The summed E-state index contributed by atoms with van der Waals surface area (Å²) in [6.07, 6.45) is 0. The Morgan fingerprint density at radius 3 is 2.76 bits per heavy atom. The summed E-state index contributed by atoms with van der Waals surface area (Å²) in [6.45, 7) is 1.57. The number of thioether (sulfide) groups is 1. The van der Waals surface area contributed by atoms with Gasteiger partial charge in [0.2, 0.25) is 0 Å². The third kappa shape index (κ3) is 3.38. The number of hydrogen-bond donors (Lipinski definition) is 1. The molecule has 0 radical (unpaired) electrons. The lowest BCUT2D eigenvalue weighted by atomic mass is 9.90. The zero-order valence-corrected chi connectivity index (χ0v) is 12.4. The molecule has 0 spiro atoms. The third-order valence-corrected chi connectivity index (χ3v) is 5.14. The van der Waals surface area contributed by atoms with Gasteiger partial charge in [-0.2, -0.15) is 11.8 Å². The van der Waals surface area contributed by atoms with E-state index in [0.29, 0.717) is 13.2 Å². The molecule has 1 saturated heterocycles. The number of aliphatic hydroxyl groups excluding tert-OH is 1. The molecule has 0 saturated carbocycles. The van der Waals surface area contributed by atoms with Crippen molar-refractivity contribution >= 4 is 39.3 Å². The second-order valence-electron chi connectivity index (χ2n) is 4.38. The van der Waals surface area contributed by atoms with Gasteiger partial charge in [0.05, 0.1) is 19.8 Å². The first-order valence-corrected chi connectivity index (χ1v) is 7.68. The van der Waals surface area contributed by atoms with Crippen molar-refractivity contribution in [2.75, 3.05) is 25.6 Å². The van der Waals surface area contributed by atoms with E-state index in [4.69, 9.17) is 16.3 Å². The highest BCUT2D eigenvalue weighted by atomic mass is 79.9. The fourth-order valence-corrected chi connectivity index (χ4v) is 3.90. The topological polar surface area (TPSA) is 29.5 Å². The molecule has 1 heterocycles. The van der Waals surface area contributed by atoms with Gasteiger partial charge in [-0.25, -0.2) is 0 Å². The van der Waals surface area contributed by atoms with Crippen LogP contribution in [0.2, 0.25) is 5.02 Å². The van der Waals surface area contributed by atoms with Gasteiger partial charge in [-0.3, -0.25) is 0 Å². The van der Waals surface area contributed by atoms with Gasteiger partial charge in [-0.05, 0) is 17.7 Å². The Bertz CT molecular complexity index is 391. The maximum absolute atomic E-state index is 9.30. The van der Waals surface area contributed by atoms with Gasteiger partial charge in [0.1, 0.15) is 0 Å². The molecule has 0 unspecified atom stereocenters. The van der Waals surface area contributed by atoms with Crippen LogP contribution in [0, 0.1) is 5.41 Å². The first kappa shape index (κ1) is 13.7. The highest BCUT2D eigenvalue weighted by Gasteiger charge is 2.37. The Morgan fingerprint density at radius 1 is 1.47 bits per heavy atom. The van der Waals surface area contributed by atoms with E-state index in [2.05, 4.69) is 15.9 Å². The molecule has 0 aromatic heterocycles. The molecule has 1 N–H and O–H groups in total. The van der Waals surface area contributed by atoms with Gasteiger partial charge in [0.25, 0.3) is 0 Å². The largest absolute Gasteiger partial charge is 0.396 e. The van der Waals surface area contributed by atoms with E-state index < -0.39 is 0 Å². The van der Waals surface area contributed by atoms with E-state index in [1.165, 1.54) is 5.56 Å². The molecule has 0 amide bonds. The monoisotopic (exact) mass is 336 g/mol. The molecule has 1 aliphatic heterocycles. The molecule has 1 fully saturated rings. The fraction of sp³-hybridized carbons (Fsp3) is 0.500. The minimum absolute atomic E-state index is 0.0103. The number of rotatable bonds is 5. The smallest absolute Gasteiger partial charge is 0.0575 e. The van der Waals surface area contributed by atoms with Crippen LogP contribution in [0.5, 0.6) is 0 Å². The van der Waals surface area contributed by atoms with Crippen molar-refractivity contribution in [2.45, 2.75) is 5.75 Å². The molecule has 1 aromatic rings. The van der Waals surface area contributed by atoms with Gasteiger partial charge in [0, 0.05) is 26.4 Å². The molecule has 2 rings (SSSR count). The average Bonchev–Trinajstić information content (AvgIpc) is 2.25. The van der Waals surface area contributed by atoms with Crippen LogP contribution in [0.1, 0.15) is 5.56 Å².